The van der Waals surface area contributed by atoms with Crippen LogP contribution in [0.2, 0.25) is 0 Å². The standard InChI is InChI=1S/C19H23N/c20-19(16-10-4-2-1-3-5-11-16)18-14-8-12-15-9-6-7-13-17(15)18/h6-10,12-14,19H,1-5,11,20H2/b16-10+. The van der Waals surface area contributed by atoms with Gasteiger partial charge >= 0.3 is 0 Å². The molecular formula is C19H23N. The first-order chi connectivity index (χ1) is 9.86. The summed E-state index contributed by atoms with van der Waals surface area (Å²) in [6.07, 6.45) is 10.0. The van der Waals surface area contributed by atoms with Crippen molar-refractivity contribution < 1.29 is 0 Å². The average molecular weight is 265 g/mol. The number of benzene rings is 2. The predicted molar refractivity (Wildman–Crippen MR) is 86.7 cm³/mol. The lowest BCUT2D eigenvalue weighted by molar-refractivity contribution is 0.603. The van der Waals surface area contributed by atoms with Gasteiger partial charge in [-0.1, -0.05) is 67.0 Å². The van der Waals surface area contributed by atoms with Crippen molar-refractivity contribution in [3.8, 4) is 0 Å². The fourth-order valence-corrected chi connectivity index (χ4v) is 3.22. The molecule has 0 amide bonds. The highest BCUT2D eigenvalue weighted by atomic mass is 14.6. The zero-order valence-electron chi connectivity index (χ0n) is 12.0. The van der Waals surface area contributed by atoms with Crippen LogP contribution >= 0.6 is 0 Å². The fourth-order valence-electron chi connectivity index (χ4n) is 3.22. The number of nitrogens with two attached hydrogens (primary N) is 1. The molecule has 0 aliphatic heterocycles. The van der Waals surface area contributed by atoms with Gasteiger partial charge in [-0.05, 0) is 42.0 Å². The lowest BCUT2D eigenvalue weighted by Crippen LogP contribution is -2.14. The van der Waals surface area contributed by atoms with Crippen LogP contribution in [0.1, 0.15) is 50.1 Å². The quantitative estimate of drug-likeness (QED) is 0.749. The maximum atomic E-state index is 6.59. The summed E-state index contributed by atoms with van der Waals surface area (Å²) in [7, 11) is 0. The van der Waals surface area contributed by atoms with Gasteiger partial charge in [-0.15, -0.1) is 0 Å². The van der Waals surface area contributed by atoms with E-state index in [9.17, 15) is 0 Å². The minimum atomic E-state index is 0.0548. The third-order valence-electron chi connectivity index (χ3n) is 4.38. The highest BCUT2D eigenvalue weighted by molar-refractivity contribution is 5.86. The molecule has 3 rings (SSSR count). The molecule has 1 heteroatoms. The van der Waals surface area contributed by atoms with Crippen molar-refractivity contribution in [2.45, 2.75) is 44.6 Å². The van der Waals surface area contributed by atoms with E-state index in [0.29, 0.717) is 0 Å². The number of fused-ring (bicyclic) bond motifs is 1. The molecular weight excluding hydrogens is 242 g/mol. The number of rotatable bonds is 2. The van der Waals surface area contributed by atoms with Crippen LogP contribution in [0.25, 0.3) is 10.8 Å². The molecule has 0 heterocycles. The van der Waals surface area contributed by atoms with Gasteiger partial charge in [-0.2, -0.15) is 0 Å². The average Bonchev–Trinajstić information content (AvgIpc) is 2.46. The van der Waals surface area contributed by atoms with Gasteiger partial charge in [0.25, 0.3) is 0 Å². The molecule has 104 valence electrons. The Kier molecular flexibility index (Phi) is 4.17. The second kappa shape index (κ2) is 6.23. The van der Waals surface area contributed by atoms with Gasteiger partial charge in [-0.25, -0.2) is 0 Å². The summed E-state index contributed by atoms with van der Waals surface area (Å²) < 4.78 is 0. The van der Waals surface area contributed by atoms with E-state index in [1.165, 1.54) is 54.0 Å². The largest absolute Gasteiger partial charge is 0.321 e. The molecule has 0 saturated heterocycles. The minimum absolute atomic E-state index is 0.0548. The van der Waals surface area contributed by atoms with Crippen molar-refractivity contribution >= 4 is 10.8 Å². The molecule has 1 aliphatic carbocycles. The smallest absolute Gasteiger partial charge is 0.0517 e. The van der Waals surface area contributed by atoms with Crippen LogP contribution in [0, 0.1) is 0 Å². The second-order valence-corrected chi connectivity index (χ2v) is 5.78. The predicted octanol–water partition coefficient (Wildman–Crippen LogP) is 5.12. The van der Waals surface area contributed by atoms with Gasteiger partial charge in [0.05, 0.1) is 6.04 Å². The van der Waals surface area contributed by atoms with E-state index in [2.05, 4.69) is 48.5 Å². The van der Waals surface area contributed by atoms with Crippen LogP contribution in [0.4, 0.5) is 0 Å². The van der Waals surface area contributed by atoms with Crippen LogP contribution in [-0.2, 0) is 0 Å². The lowest BCUT2D eigenvalue weighted by atomic mass is 9.89. The van der Waals surface area contributed by atoms with E-state index < -0.39 is 0 Å². The van der Waals surface area contributed by atoms with Crippen molar-refractivity contribution in [1.82, 2.24) is 0 Å². The summed E-state index contributed by atoms with van der Waals surface area (Å²) in [5, 5.41) is 2.58. The molecule has 1 atom stereocenters. The van der Waals surface area contributed by atoms with Crippen LogP contribution in [0.15, 0.2) is 54.1 Å². The molecule has 0 fully saturated rings. The second-order valence-electron chi connectivity index (χ2n) is 5.78. The van der Waals surface area contributed by atoms with Crippen molar-refractivity contribution in [3.63, 3.8) is 0 Å². The zero-order chi connectivity index (χ0) is 13.8. The Bertz CT molecular complexity index is 607. The van der Waals surface area contributed by atoms with E-state index >= 15 is 0 Å². The molecule has 2 N–H and O–H groups in total. The Morgan fingerprint density at radius 1 is 0.850 bits per heavy atom. The molecule has 2 aromatic carbocycles. The van der Waals surface area contributed by atoms with Crippen LogP contribution in [0.5, 0.6) is 0 Å². The van der Waals surface area contributed by atoms with E-state index in [-0.39, 0.29) is 6.04 Å². The van der Waals surface area contributed by atoms with Crippen molar-refractivity contribution in [3.05, 3.63) is 59.7 Å². The third-order valence-corrected chi connectivity index (χ3v) is 4.38. The van der Waals surface area contributed by atoms with E-state index in [1.54, 1.807) is 0 Å². The molecule has 0 spiro atoms. The number of hydrogen-bond acceptors (Lipinski definition) is 1. The van der Waals surface area contributed by atoms with Crippen LogP contribution in [0.3, 0.4) is 0 Å². The maximum absolute atomic E-state index is 6.59. The normalized spacial score (nSPS) is 20.8. The molecule has 1 unspecified atom stereocenters. The molecule has 0 bridgehead atoms. The van der Waals surface area contributed by atoms with Crippen molar-refractivity contribution in [2.24, 2.45) is 5.73 Å². The first kappa shape index (κ1) is 13.4. The van der Waals surface area contributed by atoms with Gasteiger partial charge in [0.2, 0.25) is 0 Å². The molecule has 1 nitrogen and oxygen atoms in total. The van der Waals surface area contributed by atoms with Crippen molar-refractivity contribution in [2.75, 3.05) is 0 Å². The summed E-state index contributed by atoms with van der Waals surface area (Å²) in [6.45, 7) is 0. The Hall–Kier alpha value is -1.60. The Balaban J connectivity index is 1.97. The van der Waals surface area contributed by atoms with E-state index in [4.69, 9.17) is 5.73 Å². The maximum Gasteiger partial charge on any atom is 0.0517 e. The molecule has 0 radical (unpaired) electrons. The highest BCUT2D eigenvalue weighted by Gasteiger charge is 2.15. The van der Waals surface area contributed by atoms with Crippen molar-refractivity contribution in [1.29, 1.82) is 0 Å². The topological polar surface area (TPSA) is 26.0 Å². The number of hydrogen-bond donors (Lipinski definition) is 1. The molecule has 1 aliphatic rings. The third kappa shape index (κ3) is 2.78. The highest BCUT2D eigenvalue weighted by Crippen LogP contribution is 2.31. The van der Waals surface area contributed by atoms with Gasteiger partial charge in [-0.3, -0.25) is 0 Å². The first-order valence-corrected chi connectivity index (χ1v) is 7.78. The summed E-state index contributed by atoms with van der Waals surface area (Å²) in [6, 6.07) is 15.1. The number of allylic oxidation sites excluding steroid dienone is 1. The zero-order valence-corrected chi connectivity index (χ0v) is 12.0. The van der Waals surface area contributed by atoms with Crippen LogP contribution in [-0.4, -0.2) is 0 Å². The molecule has 2 aromatic rings. The summed E-state index contributed by atoms with van der Waals surface area (Å²) >= 11 is 0. The fraction of sp³-hybridized carbons (Fsp3) is 0.368. The SMILES string of the molecule is NC(/C1=C/CCCCCC1)c1cccc2ccccc12. The summed E-state index contributed by atoms with van der Waals surface area (Å²) in [5.74, 6) is 0. The van der Waals surface area contributed by atoms with Crippen LogP contribution < -0.4 is 5.73 Å². The van der Waals surface area contributed by atoms with Gasteiger partial charge in [0, 0.05) is 0 Å². The van der Waals surface area contributed by atoms with E-state index in [0.717, 1.165) is 6.42 Å². The monoisotopic (exact) mass is 265 g/mol. The van der Waals surface area contributed by atoms with Gasteiger partial charge in [0.1, 0.15) is 0 Å². The lowest BCUT2D eigenvalue weighted by Gasteiger charge is -2.20. The first-order valence-electron chi connectivity index (χ1n) is 7.78. The Labute approximate surface area is 121 Å². The summed E-state index contributed by atoms with van der Waals surface area (Å²) in [5.41, 5.74) is 9.29. The Morgan fingerprint density at radius 3 is 2.60 bits per heavy atom. The van der Waals surface area contributed by atoms with E-state index in [1.807, 2.05) is 0 Å². The Morgan fingerprint density at radius 2 is 1.65 bits per heavy atom. The molecule has 20 heavy (non-hydrogen) atoms. The van der Waals surface area contributed by atoms with Gasteiger partial charge < -0.3 is 5.73 Å². The summed E-state index contributed by atoms with van der Waals surface area (Å²) in [4.78, 5) is 0. The van der Waals surface area contributed by atoms with Gasteiger partial charge in [0.15, 0.2) is 0 Å². The molecule has 0 aromatic heterocycles. The molecule has 0 saturated carbocycles. The minimum Gasteiger partial charge on any atom is -0.321 e.